The number of anilines is 1. The maximum Gasteiger partial charge on any atom is 0.276 e. The van der Waals surface area contributed by atoms with Crippen LogP contribution < -0.4 is 10.6 Å². The predicted molar refractivity (Wildman–Crippen MR) is 98.1 cm³/mol. The number of nitrogens with zero attached hydrogens (tertiary/aromatic N) is 2. The van der Waals surface area contributed by atoms with Gasteiger partial charge in [-0.15, -0.1) is 0 Å². The molecule has 6 heteroatoms. The Bertz CT molecular complexity index is 755. The van der Waals surface area contributed by atoms with Gasteiger partial charge in [-0.3, -0.25) is 9.48 Å². The minimum Gasteiger partial charge on any atom is -0.506 e. The molecular formula is C19H26N4O2. The Morgan fingerprint density at radius 1 is 1.36 bits per heavy atom. The number of phenolic OH excluding ortho intramolecular Hbond substituents is 1. The molecule has 1 aromatic heterocycles. The monoisotopic (exact) mass is 342 g/mol. The van der Waals surface area contributed by atoms with Crippen molar-refractivity contribution in [1.82, 2.24) is 15.1 Å². The SMILES string of the molecule is CC(C)(C)c1ccc(O)c(NC(=O)c2ccn(C3CCCNC3)n2)c1. The lowest BCUT2D eigenvalue weighted by Crippen LogP contribution is -2.32. The number of aromatic nitrogens is 2. The molecule has 1 unspecified atom stereocenters. The van der Waals surface area contributed by atoms with Crippen LogP contribution in [0.25, 0.3) is 0 Å². The zero-order valence-electron chi connectivity index (χ0n) is 15.0. The van der Waals surface area contributed by atoms with Crippen molar-refractivity contribution in [2.45, 2.75) is 45.1 Å². The van der Waals surface area contributed by atoms with Crippen LogP contribution in [-0.2, 0) is 5.41 Å². The highest BCUT2D eigenvalue weighted by molar-refractivity contribution is 6.03. The minimum atomic E-state index is -0.316. The Kier molecular flexibility index (Phi) is 4.81. The zero-order valence-corrected chi connectivity index (χ0v) is 15.0. The van der Waals surface area contributed by atoms with E-state index in [9.17, 15) is 9.90 Å². The van der Waals surface area contributed by atoms with Gasteiger partial charge in [-0.25, -0.2) is 0 Å². The largest absolute Gasteiger partial charge is 0.506 e. The number of hydrogen-bond acceptors (Lipinski definition) is 4. The Labute approximate surface area is 148 Å². The molecular weight excluding hydrogens is 316 g/mol. The number of benzene rings is 1. The summed E-state index contributed by atoms with van der Waals surface area (Å²) >= 11 is 0. The first-order chi connectivity index (χ1) is 11.8. The number of carbonyl (C=O) groups is 1. The zero-order chi connectivity index (χ0) is 18.0. The van der Waals surface area contributed by atoms with Crippen molar-refractivity contribution in [2.75, 3.05) is 18.4 Å². The number of nitrogens with one attached hydrogen (secondary N) is 2. The number of carbonyl (C=O) groups excluding carboxylic acids is 1. The van der Waals surface area contributed by atoms with Crippen molar-refractivity contribution in [3.63, 3.8) is 0 Å². The van der Waals surface area contributed by atoms with E-state index in [1.165, 1.54) is 0 Å². The van der Waals surface area contributed by atoms with Gasteiger partial charge in [0.05, 0.1) is 11.7 Å². The molecule has 3 rings (SSSR count). The molecule has 1 amide bonds. The number of hydrogen-bond donors (Lipinski definition) is 3. The third kappa shape index (κ3) is 4.02. The standard InChI is InChI=1S/C19H26N4O2/c1-19(2,3)13-6-7-17(24)16(11-13)21-18(25)15-8-10-23(22-15)14-5-4-9-20-12-14/h6-8,10-11,14,20,24H,4-5,9,12H2,1-3H3,(H,21,25). The quantitative estimate of drug-likeness (QED) is 0.749. The highest BCUT2D eigenvalue weighted by atomic mass is 16.3. The molecule has 25 heavy (non-hydrogen) atoms. The molecule has 6 nitrogen and oxygen atoms in total. The van der Waals surface area contributed by atoms with Gasteiger partial charge in [0.2, 0.25) is 0 Å². The fourth-order valence-corrected chi connectivity index (χ4v) is 3.01. The first-order valence-electron chi connectivity index (χ1n) is 8.75. The number of piperidine rings is 1. The van der Waals surface area contributed by atoms with E-state index in [-0.39, 0.29) is 23.1 Å². The van der Waals surface area contributed by atoms with Crippen molar-refractivity contribution in [3.8, 4) is 5.75 Å². The van der Waals surface area contributed by atoms with Crippen molar-refractivity contribution in [2.24, 2.45) is 0 Å². The molecule has 1 saturated heterocycles. The van der Waals surface area contributed by atoms with Crippen LogP contribution in [0.4, 0.5) is 5.69 Å². The highest BCUT2D eigenvalue weighted by Gasteiger charge is 2.20. The van der Waals surface area contributed by atoms with E-state index in [0.717, 1.165) is 31.5 Å². The van der Waals surface area contributed by atoms with Gasteiger partial charge in [-0.2, -0.15) is 5.10 Å². The summed E-state index contributed by atoms with van der Waals surface area (Å²) in [6, 6.07) is 7.30. The van der Waals surface area contributed by atoms with Crippen LogP contribution in [0.3, 0.4) is 0 Å². The molecule has 134 valence electrons. The second-order valence-electron chi connectivity index (χ2n) is 7.62. The molecule has 0 bridgehead atoms. The normalized spacial score (nSPS) is 18.1. The molecule has 1 aliphatic rings. The summed E-state index contributed by atoms with van der Waals surface area (Å²) in [6.07, 6.45) is 4.02. The molecule has 0 aliphatic carbocycles. The molecule has 3 N–H and O–H groups in total. The van der Waals surface area contributed by atoms with E-state index < -0.39 is 0 Å². The van der Waals surface area contributed by atoms with Gasteiger partial charge in [0, 0.05) is 12.7 Å². The van der Waals surface area contributed by atoms with E-state index in [0.29, 0.717) is 11.4 Å². The lowest BCUT2D eigenvalue weighted by molar-refractivity contribution is 0.102. The lowest BCUT2D eigenvalue weighted by atomic mass is 9.87. The lowest BCUT2D eigenvalue weighted by Gasteiger charge is -2.22. The summed E-state index contributed by atoms with van der Waals surface area (Å²) < 4.78 is 1.85. The third-order valence-electron chi connectivity index (χ3n) is 4.60. The van der Waals surface area contributed by atoms with Gasteiger partial charge in [-0.05, 0) is 48.6 Å². The van der Waals surface area contributed by atoms with E-state index in [1.807, 2.05) is 23.0 Å². The average Bonchev–Trinajstić information content (AvgIpc) is 3.07. The smallest absolute Gasteiger partial charge is 0.276 e. The summed E-state index contributed by atoms with van der Waals surface area (Å²) in [4.78, 5) is 12.5. The first kappa shape index (κ1) is 17.5. The van der Waals surface area contributed by atoms with E-state index in [2.05, 4.69) is 36.5 Å². The van der Waals surface area contributed by atoms with Gasteiger partial charge < -0.3 is 15.7 Å². The summed E-state index contributed by atoms with van der Waals surface area (Å²) in [7, 11) is 0. The van der Waals surface area contributed by atoms with Gasteiger partial charge >= 0.3 is 0 Å². The van der Waals surface area contributed by atoms with Crippen molar-refractivity contribution in [3.05, 3.63) is 41.7 Å². The van der Waals surface area contributed by atoms with Crippen LogP contribution in [0, 0.1) is 0 Å². The molecule has 1 fully saturated rings. The Morgan fingerprint density at radius 3 is 2.84 bits per heavy atom. The van der Waals surface area contributed by atoms with Gasteiger partial charge in [0.1, 0.15) is 5.75 Å². The van der Waals surface area contributed by atoms with Crippen LogP contribution in [0.1, 0.15) is 55.7 Å². The predicted octanol–water partition coefficient (Wildman–Crippen LogP) is 3.06. The minimum absolute atomic E-state index is 0.0530. The second-order valence-corrected chi connectivity index (χ2v) is 7.62. The Morgan fingerprint density at radius 2 is 2.16 bits per heavy atom. The number of aromatic hydroxyl groups is 1. The topological polar surface area (TPSA) is 79.2 Å². The molecule has 1 aliphatic heterocycles. The van der Waals surface area contributed by atoms with E-state index >= 15 is 0 Å². The molecule has 1 atom stereocenters. The van der Waals surface area contributed by atoms with Crippen LogP contribution in [0.15, 0.2) is 30.5 Å². The number of rotatable bonds is 3. The van der Waals surface area contributed by atoms with Crippen LogP contribution in [-0.4, -0.2) is 33.9 Å². The van der Waals surface area contributed by atoms with Gasteiger partial charge in [-0.1, -0.05) is 26.8 Å². The summed E-state index contributed by atoms with van der Waals surface area (Å²) in [5.41, 5.74) is 1.74. The maximum atomic E-state index is 12.5. The molecule has 2 heterocycles. The fraction of sp³-hybridized carbons (Fsp3) is 0.474. The van der Waals surface area contributed by atoms with Gasteiger partial charge in [0.25, 0.3) is 5.91 Å². The van der Waals surface area contributed by atoms with Crippen molar-refractivity contribution in [1.29, 1.82) is 0 Å². The van der Waals surface area contributed by atoms with Gasteiger partial charge in [0.15, 0.2) is 5.69 Å². The molecule has 0 saturated carbocycles. The van der Waals surface area contributed by atoms with Crippen LogP contribution in [0.5, 0.6) is 5.75 Å². The highest BCUT2D eigenvalue weighted by Crippen LogP contribution is 2.31. The van der Waals surface area contributed by atoms with Crippen molar-refractivity contribution < 1.29 is 9.90 Å². The van der Waals surface area contributed by atoms with E-state index in [4.69, 9.17) is 0 Å². The van der Waals surface area contributed by atoms with Crippen LogP contribution in [0.2, 0.25) is 0 Å². The fourth-order valence-electron chi connectivity index (χ4n) is 3.01. The number of amides is 1. The Hall–Kier alpha value is -2.34. The number of phenols is 1. The van der Waals surface area contributed by atoms with Crippen LogP contribution >= 0.6 is 0 Å². The molecule has 0 spiro atoms. The molecule has 2 aromatic rings. The summed E-state index contributed by atoms with van der Waals surface area (Å²) in [5.74, 6) is -0.263. The third-order valence-corrected chi connectivity index (χ3v) is 4.60. The summed E-state index contributed by atoms with van der Waals surface area (Å²) in [6.45, 7) is 8.17. The average molecular weight is 342 g/mol. The van der Waals surface area contributed by atoms with Crippen molar-refractivity contribution >= 4 is 11.6 Å². The van der Waals surface area contributed by atoms with E-state index in [1.54, 1.807) is 12.1 Å². The first-order valence-corrected chi connectivity index (χ1v) is 8.75. The molecule has 0 radical (unpaired) electrons. The second kappa shape index (κ2) is 6.88. The Balaban J connectivity index is 1.75. The summed E-state index contributed by atoms with van der Waals surface area (Å²) in [5, 5.41) is 20.6. The molecule has 1 aromatic carbocycles. The maximum absolute atomic E-state index is 12.5.